The summed E-state index contributed by atoms with van der Waals surface area (Å²) in [5.41, 5.74) is 0.637. The second-order valence-electron chi connectivity index (χ2n) is 5.61. The summed E-state index contributed by atoms with van der Waals surface area (Å²) in [6.45, 7) is 3.70. The number of amides is 2. The number of halogens is 2. The molecule has 0 radical (unpaired) electrons. The first-order valence-corrected chi connectivity index (χ1v) is 8.60. The van der Waals surface area contributed by atoms with E-state index in [1.165, 1.54) is 31.5 Å². The highest BCUT2D eigenvalue weighted by molar-refractivity contribution is 6.30. The second-order valence-corrected chi connectivity index (χ2v) is 6.01. The van der Waals surface area contributed by atoms with Crippen LogP contribution < -0.4 is 20.1 Å². The van der Waals surface area contributed by atoms with Crippen LogP contribution in [-0.2, 0) is 4.79 Å². The quantitative estimate of drug-likeness (QED) is 0.667. The molecule has 0 spiro atoms. The van der Waals surface area contributed by atoms with Gasteiger partial charge < -0.3 is 20.1 Å². The molecule has 0 bridgehead atoms. The van der Waals surface area contributed by atoms with E-state index in [9.17, 15) is 14.0 Å². The van der Waals surface area contributed by atoms with Crippen LogP contribution in [0.4, 0.5) is 4.39 Å². The molecule has 1 aromatic heterocycles. The lowest BCUT2D eigenvalue weighted by molar-refractivity contribution is -0.123. The Labute approximate surface area is 166 Å². The third-order valence-electron chi connectivity index (χ3n) is 3.50. The van der Waals surface area contributed by atoms with Crippen LogP contribution in [0.1, 0.15) is 16.9 Å². The number of carbonyl (C=O) groups excluding carboxylic acids is 2. The standard InChI is InChI=1S/C19H19ClFN3O4/c1-12(24-19(26)17-6-4-14(27-2)10-23-17)7-8-22-18(25)11-28-13-3-5-15(20)16(21)9-13/h3-6,9-10H,1,7-8,11H2,2H3,(H,22,25)(H,24,26). The molecule has 0 saturated carbocycles. The normalized spacial score (nSPS) is 10.1. The van der Waals surface area contributed by atoms with Crippen molar-refractivity contribution in [2.45, 2.75) is 6.42 Å². The number of hydrogen-bond donors (Lipinski definition) is 2. The third kappa shape index (κ3) is 6.55. The Morgan fingerprint density at radius 3 is 2.64 bits per heavy atom. The molecule has 0 fully saturated rings. The van der Waals surface area contributed by atoms with Crippen molar-refractivity contribution in [1.82, 2.24) is 15.6 Å². The molecule has 0 aliphatic carbocycles. The number of pyridine rings is 1. The highest BCUT2D eigenvalue weighted by Gasteiger charge is 2.09. The van der Waals surface area contributed by atoms with Crippen LogP contribution in [0.2, 0.25) is 5.02 Å². The van der Waals surface area contributed by atoms with Crippen LogP contribution in [0.5, 0.6) is 11.5 Å². The molecule has 2 amide bonds. The largest absolute Gasteiger partial charge is 0.495 e. The van der Waals surface area contributed by atoms with Gasteiger partial charge in [0, 0.05) is 24.7 Å². The Morgan fingerprint density at radius 1 is 1.25 bits per heavy atom. The van der Waals surface area contributed by atoms with Gasteiger partial charge in [0.05, 0.1) is 18.3 Å². The van der Waals surface area contributed by atoms with Crippen LogP contribution in [0.25, 0.3) is 0 Å². The monoisotopic (exact) mass is 407 g/mol. The van der Waals surface area contributed by atoms with Gasteiger partial charge in [-0.15, -0.1) is 0 Å². The Morgan fingerprint density at radius 2 is 2.00 bits per heavy atom. The van der Waals surface area contributed by atoms with Crippen molar-refractivity contribution in [2.24, 2.45) is 0 Å². The summed E-state index contributed by atoms with van der Waals surface area (Å²) in [5, 5.41) is 5.19. The zero-order chi connectivity index (χ0) is 20.5. The minimum absolute atomic E-state index is 0.0257. The minimum atomic E-state index is -0.627. The first-order valence-electron chi connectivity index (χ1n) is 8.22. The number of nitrogens with one attached hydrogen (secondary N) is 2. The second kappa shape index (κ2) is 10.3. The number of methoxy groups -OCH3 is 1. The van der Waals surface area contributed by atoms with Crippen molar-refractivity contribution in [1.29, 1.82) is 0 Å². The van der Waals surface area contributed by atoms with Crippen molar-refractivity contribution in [2.75, 3.05) is 20.3 Å². The molecule has 1 heterocycles. The van der Waals surface area contributed by atoms with E-state index in [0.29, 0.717) is 17.9 Å². The van der Waals surface area contributed by atoms with Crippen molar-refractivity contribution < 1.29 is 23.5 Å². The Hall–Kier alpha value is -3.13. The first kappa shape index (κ1) is 21.2. The van der Waals surface area contributed by atoms with Crippen LogP contribution in [0.15, 0.2) is 48.8 Å². The predicted molar refractivity (Wildman–Crippen MR) is 102 cm³/mol. The molecule has 0 unspecified atom stereocenters. The van der Waals surface area contributed by atoms with E-state index < -0.39 is 17.6 Å². The highest BCUT2D eigenvalue weighted by atomic mass is 35.5. The number of ether oxygens (including phenoxy) is 2. The molecular weight excluding hydrogens is 389 g/mol. The predicted octanol–water partition coefficient (Wildman–Crippen LogP) is 2.71. The molecule has 0 atom stereocenters. The highest BCUT2D eigenvalue weighted by Crippen LogP contribution is 2.20. The third-order valence-corrected chi connectivity index (χ3v) is 3.81. The summed E-state index contributed by atoms with van der Waals surface area (Å²) in [6.07, 6.45) is 1.76. The maximum atomic E-state index is 13.3. The lowest BCUT2D eigenvalue weighted by atomic mass is 10.3. The fraction of sp³-hybridized carbons (Fsp3) is 0.211. The van der Waals surface area contributed by atoms with Gasteiger partial charge in [-0.05, 0) is 24.3 Å². The van der Waals surface area contributed by atoms with Crippen molar-refractivity contribution in [3.8, 4) is 11.5 Å². The summed E-state index contributed by atoms with van der Waals surface area (Å²) >= 11 is 5.57. The number of carbonyl (C=O) groups is 2. The van der Waals surface area contributed by atoms with Crippen LogP contribution in [-0.4, -0.2) is 37.1 Å². The van der Waals surface area contributed by atoms with Gasteiger partial charge in [-0.25, -0.2) is 9.37 Å². The van der Waals surface area contributed by atoms with E-state index in [0.717, 1.165) is 6.07 Å². The van der Waals surface area contributed by atoms with Gasteiger partial charge in [0.2, 0.25) is 0 Å². The maximum Gasteiger partial charge on any atom is 0.273 e. The van der Waals surface area contributed by atoms with Gasteiger partial charge in [0.1, 0.15) is 23.0 Å². The van der Waals surface area contributed by atoms with E-state index in [4.69, 9.17) is 21.1 Å². The molecule has 148 valence electrons. The molecule has 7 nitrogen and oxygen atoms in total. The fourth-order valence-electron chi connectivity index (χ4n) is 2.04. The van der Waals surface area contributed by atoms with Gasteiger partial charge in [-0.3, -0.25) is 9.59 Å². The SMILES string of the molecule is C=C(CCNC(=O)COc1ccc(Cl)c(F)c1)NC(=O)c1ccc(OC)cn1. The fourth-order valence-corrected chi connectivity index (χ4v) is 2.16. The molecule has 2 N–H and O–H groups in total. The zero-order valence-electron chi connectivity index (χ0n) is 15.1. The maximum absolute atomic E-state index is 13.3. The number of rotatable bonds is 9. The van der Waals surface area contributed by atoms with E-state index in [-0.39, 0.29) is 29.6 Å². The van der Waals surface area contributed by atoms with E-state index in [1.807, 2.05) is 0 Å². The zero-order valence-corrected chi connectivity index (χ0v) is 15.9. The van der Waals surface area contributed by atoms with Gasteiger partial charge >= 0.3 is 0 Å². The average molecular weight is 408 g/mol. The van der Waals surface area contributed by atoms with Gasteiger partial charge in [-0.2, -0.15) is 0 Å². The van der Waals surface area contributed by atoms with E-state index in [1.54, 1.807) is 6.07 Å². The number of hydrogen-bond acceptors (Lipinski definition) is 5. The smallest absolute Gasteiger partial charge is 0.273 e. The van der Waals surface area contributed by atoms with E-state index in [2.05, 4.69) is 22.2 Å². The van der Waals surface area contributed by atoms with Gasteiger partial charge in [-0.1, -0.05) is 18.2 Å². The Kier molecular flexibility index (Phi) is 7.76. The molecule has 2 aromatic rings. The van der Waals surface area contributed by atoms with Crippen molar-refractivity contribution in [3.63, 3.8) is 0 Å². The minimum Gasteiger partial charge on any atom is -0.495 e. The molecular formula is C19H19ClFN3O4. The van der Waals surface area contributed by atoms with Gasteiger partial charge in [0.25, 0.3) is 11.8 Å². The summed E-state index contributed by atoms with van der Waals surface area (Å²) in [7, 11) is 1.51. The van der Waals surface area contributed by atoms with Crippen LogP contribution >= 0.6 is 11.6 Å². The molecule has 1 aromatic carbocycles. The molecule has 9 heteroatoms. The van der Waals surface area contributed by atoms with Crippen molar-refractivity contribution in [3.05, 3.63) is 65.3 Å². The number of nitrogens with zero attached hydrogens (tertiary/aromatic N) is 1. The Balaban J connectivity index is 1.68. The summed E-state index contributed by atoms with van der Waals surface area (Å²) in [5.74, 6) is -0.696. The first-order chi connectivity index (χ1) is 13.4. The van der Waals surface area contributed by atoms with Gasteiger partial charge in [0.15, 0.2) is 6.61 Å². The summed E-state index contributed by atoms with van der Waals surface area (Å²) in [4.78, 5) is 27.8. The topological polar surface area (TPSA) is 89.6 Å². The molecule has 0 saturated heterocycles. The molecule has 2 rings (SSSR count). The molecule has 28 heavy (non-hydrogen) atoms. The lowest BCUT2D eigenvalue weighted by Crippen LogP contribution is -2.31. The number of benzene rings is 1. The summed E-state index contributed by atoms with van der Waals surface area (Å²) < 4.78 is 23.5. The van der Waals surface area contributed by atoms with Crippen LogP contribution in [0, 0.1) is 5.82 Å². The molecule has 0 aliphatic heterocycles. The van der Waals surface area contributed by atoms with Crippen LogP contribution in [0.3, 0.4) is 0 Å². The Bertz CT molecular complexity index is 859. The lowest BCUT2D eigenvalue weighted by Gasteiger charge is -2.10. The van der Waals surface area contributed by atoms with E-state index >= 15 is 0 Å². The number of aromatic nitrogens is 1. The average Bonchev–Trinajstić information content (AvgIpc) is 2.69. The van der Waals surface area contributed by atoms with Crippen molar-refractivity contribution >= 4 is 23.4 Å². The molecule has 0 aliphatic rings. The summed E-state index contributed by atoms with van der Waals surface area (Å²) in [6, 6.07) is 7.05.